The normalized spacial score (nSPS) is 17.0. The first-order chi connectivity index (χ1) is 54.9. The average Bonchev–Trinajstić information content (AvgIpc) is 1.73. The molecule has 8 rings (SSSR count). The molecule has 36 heteroatoms. The number of H-pyrrole nitrogens is 3. The number of imidazole rings is 1. The molecule has 622 valence electrons. The average molecular weight is 1630 g/mol. The molecule has 2 fully saturated rings. The molecule has 34 nitrogen and oxygen atoms in total. The minimum absolute atomic E-state index is 0.0160. The molecule has 115 heavy (non-hydrogen) atoms. The Morgan fingerprint density at radius 1 is 0.513 bits per heavy atom. The second-order valence-corrected chi connectivity index (χ2v) is 30.9. The maximum atomic E-state index is 15.0. The molecule has 2 aliphatic rings. The Balaban J connectivity index is 0.896. The smallest absolute Gasteiger partial charge is 0.326 e. The highest BCUT2D eigenvalue weighted by Crippen LogP contribution is 2.25. The van der Waals surface area contributed by atoms with Crippen LogP contribution < -0.4 is 64.6 Å². The number of aromatic amines is 3. The van der Waals surface area contributed by atoms with Gasteiger partial charge in [-0.25, -0.2) is 9.78 Å². The Hall–Kier alpha value is -11.0. The molecule has 19 N–H and O–H groups in total. The Labute approximate surface area is 676 Å². The molecule has 5 heterocycles. The number of carbonyl (C=O) groups excluding carboxylic acids is 13. The summed E-state index contributed by atoms with van der Waals surface area (Å²) in [4.78, 5) is 213. The van der Waals surface area contributed by atoms with Crippen LogP contribution in [0.25, 0.3) is 21.8 Å². The van der Waals surface area contributed by atoms with Crippen LogP contribution in [0.1, 0.15) is 135 Å². The first-order valence-corrected chi connectivity index (χ1v) is 40.1. The van der Waals surface area contributed by atoms with Crippen molar-refractivity contribution in [1.29, 1.82) is 0 Å². The van der Waals surface area contributed by atoms with Crippen LogP contribution >= 0.6 is 25.3 Å². The highest BCUT2D eigenvalue weighted by atomic mass is 32.1. The number of fused-ring (bicyclic) bond motifs is 2. The Bertz CT molecular complexity index is 4400. The second-order valence-electron chi connectivity index (χ2n) is 30.2. The van der Waals surface area contributed by atoms with E-state index < -0.39 is 168 Å². The van der Waals surface area contributed by atoms with Gasteiger partial charge in [0.1, 0.15) is 78.3 Å². The maximum absolute atomic E-state index is 15.0. The Morgan fingerprint density at radius 3 is 1.45 bits per heavy atom. The van der Waals surface area contributed by atoms with Gasteiger partial charge in [0.05, 0.1) is 12.4 Å². The van der Waals surface area contributed by atoms with Gasteiger partial charge >= 0.3 is 5.97 Å². The zero-order valence-electron chi connectivity index (χ0n) is 65.3. The number of nitrogens with two attached hydrogens (primary N) is 2. The number of aliphatic carboxylic acids is 1. The van der Waals surface area contributed by atoms with E-state index in [9.17, 15) is 72.5 Å². The van der Waals surface area contributed by atoms with Crippen molar-refractivity contribution in [2.45, 2.75) is 216 Å². The van der Waals surface area contributed by atoms with Gasteiger partial charge in [-0.2, -0.15) is 25.3 Å². The molecule has 13 atom stereocenters. The number of phenols is 1. The molecule has 2 aliphatic heterocycles. The number of unbranched alkanes of at least 4 members (excludes halogenated alkanes) is 1. The number of aromatic nitrogens is 4. The Kier molecular flexibility index (Phi) is 33.4. The standard InChI is InChI=1S/C79H108N18O16S2/c1-7-8-17-55(69(102)93-61(79(112)113)32-45-22-24-49(98)25-23-45)88-76(109)65-21-14-29-97(65)77(110)62(39-114)94-67(100)44(6)86-75(108)64-20-13-28-96(64)78(111)63(40-115)95-72(105)58(31-43(4)5)90-70(103)56(26-27-66(81)99)87-71(104)57(30-42(2)3)91-73(106)59(34-47-37-84-54-19-12-10-16-51(47)54)92-74(107)60(35-48-38-82-41-85-48)89-68(101)52(80)33-46-36-83-53-18-11-9-15-50(46)53/h9-12,15-16,18-19,22-25,36-38,41-44,52,55-65,83-84,98,114-115H,7-8,13-14,17,20-21,26-35,39-40,80H2,1-6H3,(H2,81,99)(H,82,85)(H,86,108)(H,87,104)(H,88,109)(H,89,101)(H,90,103)(H,91,106)(H,92,107)(H,93,102)(H,94,100)(H,95,105)(H,112,113)/t44-,52-,55-,56-,57-,58-,59-,60-,61-,62-,63-,64-,65-/m0/s1. The number of benzene rings is 3. The lowest BCUT2D eigenvalue weighted by Gasteiger charge is -2.31. The molecule has 3 aromatic heterocycles. The van der Waals surface area contributed by atoms with Crippen LogP contribution in [0.15, 0.2) is 97.7 Å². The number of carboxylic acid groups (broad SMARTS) is 1. The molecule has 13 amide bonds. The van der Waals surface area contributed by atoms with Crippen molar-refractivity contribution < 1.29 is 77.3 Å². The van der Waals surface area contributed by atoms with Gasteiger partial charge in [-0.05, 0) is 118 Å². The van der Waals surface area contributed by atoms with Crippen molar-refractivity contribution in [3.8, 4) is 5.75 Å². The summed E-state index contributed by atoms with van der Waals surface area (Å²) in [5, 5.41) is 48.2. The van der Waals surface area contributed by atoms with Crippen molar-refractivity contribution in [1.82, 2.24) is 82.9 Å². The lowest BCUT2D eigenvalue weighted by atomic mass is 9.99. The summed E-state index contributed by atoms with van der Waals surface area (Å²) in [5.74, 6) is -12.6. The summed E-state index contributed by atoms with van der Waals surface area (Å²) >= 11 is 8.76. The third-order valence-electron chi connectivity index (χ3n) is 20.3. The van der Waals surface area contributed by atoms with Crippen molar-refractivity contribution in [3.63, 3.8) is 0 Å². The first kappa shape index (κ1) is 89.5. The van der Waals surface area contributed by atoms with Crippen LogP contribution in [-0.2, 0) is 92.8 Å². The molecule has 0 unspecified atom stereocenters. The number of aromatic hydroxyl groups is 1. The van der Waals surface area contributed by atoms with Crippen molar-refractivity contribution in [3.05, 3.63) is 120 Å². The number of hydrogen-bond donors (Lipinski definition) is 19. The van der Waals surface area contributed by atoms with Crippen molar-refractivity contribution in [2.24, 2.45) is 23.3 Å². The van der Waals surface area contributed by atoms with Crippen LogP contribution in [-0.4, -0.2) is 226 Å². The van der Waals surface area contributed by atoms with Gasteiger partial charge in [0.2, 0.25) is 76.8 Å². The topological polar surface area (TPSA) is 519 Å². The highest BCUT2D eigenvalue weighted by Gasteiger charge is 2.43. The van der Waals surface area contributed by atoms with E-state index in [1.165, 1.54) is 53.5 Å². The van der Waals surface area contributed by atoms with Crippen molar-refractivity contribution in [2.75, 3.05) is 24.6 Å². The number of para-hydroxylation sites is 2. The van der Waals surface area contributed by atoms with Gasteiger partial charge in [-0.1, -0.05) is 96.0 Å². The number of primary amides is 1. The molecule has 0 bridgehead atoms. The number of carboxylic acids is 1. The summed E-state index contributed by atoms with van der Waals surface area (Å²) in [7, 11) is 0. The molecule has 6 aromatic rings. The third-order valence-corrected chi connectivity index (χ3v) is 21.0. The van der Waals surface area contributed by atoms with Crippen LogP contribution in [0.3, 0.4) is 0 Å². The van der Waals surface area contributed by atoms with Crippen LogP contribution in [0.4, 0.5) is 0 Å². The quantitative estimate of drug-likeness (QED) is 0.0238. The number of hydrogen-bond acceptors (Lipinski definition) is 19. The summed E-state index contributed by atoms with van der Waals surface area (Å²) in [6.07, 6.45) is 7.60. The Morgan fingerprint density at radius 2 is 0.957 bits per heavy atom. The molecule has 0 spiro atoms. The van der Waals surface area contributed by atoms with Gasteiger partial charge in [-0.15, -0.1) is 0 Å². The molecular weight excluding hydrogens is 1520 g/mol. The zero-order chi connectivity index (χ0) is 83.7. The molecule has 0 aliphatic carbocycles. The number of amides is 13. The molecular formula is C79H108N18O16S2. The largest absolute Gasteiger partial charge is 0.508 e. The monoisotopic (exact) mass is 1630 g/mol. The van der Waals surface area contributed by atoms with Crippen LogP contribution in [0, 0.1) is 11.8 Å². The number of carbonyl (C=O) groups is 14. The highest BCUT2D eigenvalue weighted by molar-refractivity contribution is 7.80. The predicted molar refractivity (Wildman–Crippen MR) is 433 cm³/mol. The molecule has 0 radical (unpaired) electrons. The minimum Gasteiger partial charge on any atom is -0.508 e. The van der Waals surface area contributed by atoms with Gasteiger partial charge in [-0.3, -0.25) is 62.3 Å². The summed E-state index contributed by atoms with van der Waals surface area (Å²) in [6.45, 7) is 10.5. The fourth-order valence-electron chi connectivity index (χ4n) is 14.1. The van der Waals surface area contributed by atoms with Gasteiger partial charge in [0.15, 0.2) is 0 Å². The molecule has 2 saturated heterocycles. The number of phenolic OH excluding ortho intramolecular Hbond substituents is 1. The number of thiol groups is 2. The number of rotatable bonds is 43. The van der Waals surface area contributed by atoms with E-state index in [-0.39, 0.29) is 106 Å². The summed E-state index contributed by atoms with van der Waals surface area (Å²) < 4.78 is 0. The van der Waals surface area contributed by atoms with E-state index in [2.05, 4.69) is 98.4 Å². The summed E-state index contributed by atoms with van der Waals surface area (Å²) in [5.41, 5.74) is 16.1. The molecule has 3 aromatic carbocycles. The fraction of sp³-hybridized carbons (Fsp3) is 0.506. The minimum atomic E-state index is -1.56. The lowest BCUT2D eigenvalue weighted by Crippen LogP contribution is -2.61. The van der Waals surface area contributed by atoms with E-state index in [1.54, 1.807) is 46.2 Å². The lowest BCUT2D eigenvalue weighted by molar-refractivity contribution is -0.143. The SMILES string of the molecule is CCCC[C@H](NC(=O)[C@@H]1CCCN1C(=O)[C@H](CS)NC(=O)[C@H](C)NC(=O)[C@@H]1CCCN1C(=O)[C@H](CS)NC(=O)[C@H](CC(C)C)NC(=O)[C@H](CCC(N)=O)NC(=O)[C@H](CC(C)C)NC(=O)[C@H](Cc1c[nH]c2ccccc12)NC(=O)[C@H](Cc1cnc[nH]1)NC(=O)[C@@H](N)Cc1c[nH]c2ccccc12)C(=O)N[C@@H](Cc1ccc(O)cc1)C(=O)O. The van der Waals surface area contributed by atoms with Gasteiger partial charge in [0.25, 0.3) is 0 Å². The van der Waals surface area contributed by atoms with E-state index >= 15 is 4.79 Å². The summed E-state index contributed by atoms with van der Waals surface area (Å²) in [6, 6.07) is 3.62. The van der Waals surface area contributed by atoms with Crippen LogP contribution in [0.5, 0.6) is 5.75 Å². The van der Waals surface area contributed by atoms with Gasteiger partial charge in [0, 0.05) is 96.4 Å². The zero-order valence-corrected chi connectivity index (χ0v) is 67.1. The maximum Gasteiger partial charge on any atom is 0.326 e. The fourth-order valence-corrected chi connectivity index (χ4v) is 14.6. The van der Waals surface area contributed by atoms with E-state index in [1.807, 2.05) is 49.4 Å². The number of likely N-dealkylation sites (tertiary alicyclic amines) is 2. The van der Waals surface area contributed by atoms with Crippen molar-refractivity contribution >= 4 is 130 Å². The van der Waals surface area contributed by atoms with Crippen LogP contribution in [0.2, 0.25) is 0 Å². The first-order valence-electron chi connectivity index (χ1n) is 38.8. The van der Waals surface area contributed by atoms with E-state index in [4.69, 9.17) is 11.5 Å². The molecule has 0 saturated carbocycles. The predicted octanol–water partition coefficient (Wildman–Crippen LogP) is 1.02. The number of nitrogens with zero attached hydrogens (tertiary/aromatic N) is 3. The third kappa shape index (κ3) is 25.5. The van der Waals surface area contributed by atoms with E-state index in [0.717, 1.165) is 27.4 Å². The van der Waals surface area contributed by atoms with Gasteiger partial charge < -0.3 is 99.6 Å². The second kappa shape index (κ2) is 42.9. The van der Waals surface area contributed by atoms with E-state index in [0.29, 0.717) is 42.5 Å². The number of nitrogens with one attached hydrogen (secondary N) is 13.